The molecule has 1 aromatic rings. The van der Waals surface area contributed by atoms with Crippen molar-refractivity contribution >= 4 is 0 Å². The van der Waals surface area contributed by atoms with E-state index in [-0.39, 0.29) is 0 Å². The molecule has 1 saturated heterocycles. The Morgan fingerprint density at radius 3 is 2.75 bits per heavy atom. The maximum Gasteiger partial charge on any atom is 0.0448 e. The lowest BCUT2D eigenvalue weighted by Crippen LogP contribution is -2.42. The smallest absolute Gasteiger partial charge is 0.0448 e. The van der Waals surface area contributed by atoms with E-state index in [1.54, 1.807) is 0 Å². The largest absolute Gasteiger partial charge is 0.314 e. The van der Waals surface area contributed by atoms with E-state index in [1.807, 2.05) is 12.4 Å². The molecule has 1 aliphatic rings. The molecule has 64 valence electrons. The Morgan fingerprint density at radius 2 is 2.08 bits per heavy atom. The van der Waals surface area contributed by atoms with Gasteiger partial charge in [0.15, 0.2) is 0 Å². The number of hydrogen-bond donors (Lipinski definition) is 2. The number of pyridine rings is 1. The van der Waals surface area contributed by atoms with Crippen molar-refractivity contribution in [3.63, 3.8) is 0 Å². The Kier molecular flexibility index (Phi) is 2.34. The summed E-state index contributed by atoms with van der Waals surface area (Å²) in [5.41, 5.74) is 1.32. The minimum absolute atomic E-state index is 0.460. The summed E-state index contributed by atoms with van der Waals surface area (Å²) in [5, 5.41) is 6.80. The van der Waals surface area contributed by atoms with E-state index in [0.717, 1.165) is 19.6 Å². The van der Waals surface area contributed by atoms with Crippen molar-refractivity contribution < 1.29 is 0 Å². The number of nitrogens with one attached hydrogen (secondary N) is 2. The summed E-state index contributed by atoms with van der Waals surface area (Å²) < 4.78 is 0. The fourth-order valence-corrected chi connectivity index (χ4v) is 1.48. The van der Waals surface area contributed by atoms with E-state index in [2.05, 4.69) is 27.8 Å². The molecule has 12 heavy (non-hydrogen) atoms. The van der Waals surface area contributed by atoms with Gasteiger partial charge in [-0.3, -0.25) is 4.98 Å². The van der Waals surface area contributed by atoms with E-state index >= 15 is 0 Å². The summed E-state index contributed by atoms with van der Waals surface area (Å²) >= 11 is 0. The van der Waals surface area contributed by atoms with Crippen LogP contribution in [0.3, 0.4) is 0 Å². The van der Waals surface area contributed by atoms with Gasteiger partial charge >= 0.3 is 0 Å². The lowest BCUT2D eigenvalue weighted by Gasteiger charge is -2.24. The van der Waals surface area contributed by atoms with Gasteiger partial charge in [-0.15, -0.1) is 0 Å². The molecule has 1 aromatic heterocycles. The second-order valence-electron chi connectivity index (χ2n) is 2.99. The first-order valence-corrected chi connectivity index (χ1v) is 4.31. The highest BCUT2D eigenvalue weighted by atomic mass is 15.1. The third-order valence-electron chi connectivity index (χ3n) is 2.15. The monoisotopic (exact) mass is 163 g/mol. The highest BCUT2D eigenvalue weighted by molar-refractivity contribution is 5.15. The van der Waals surface area contributed by atoms with Crippen LogP contribution >= 0.6 is 0 Å². The van der Waals surface area contributed by atoms with Crippen LogP contribution in [0.25, 0.3) is 0 Å². The van der Waals surface area contributed by atoms with Crippen LogP contribution in [0.5, 0.6) is 0 Å². The van der Waals surface area contributed by atoms with Gasteiger partial charge in [0.2, 0.25) is 0 Å². The molecule has 2 heterocycles. The second kappa shape index (κ2) is 3.65. The van der Waals surface area contributed by atoms with Gasteiger partial charge in [-0.2, -0.15) is 0 Å². The summed E-state index contributed by atoms with van der Waals surface area (Å²) in [4.78, 5) is 3.99. The van der Waals surface area contributed by atoms with Gasteiger partial charge in [0, 0.05) is 38.1 Å². The van der Waals surface area contributed by atoms with Crippen molar-refractivity contribution in [1.82, 2.24) is 15.6 Å². The van der Waals surface area contributed by atoms with Crippen LogP contribution in [0.4, 0.5) is 0 Å². The molecular weight excluding hydrogens is 150 g/mol. The van der Waals surface area contributed by atoms with Gasteiger partial charge in [-0.05, 0) is 17.7 Å². The Balaban J connectivity index is 2.08. The Labute approximate surface area is 72.2 Å². The van der Waals surface area contributed by atoms with Crippen LogP contribution in [0.2, 0.25) is 0 Å². The number of piperazine rings is 1. The Morgan fingerprint density at radius 1 is 1.25 bits per heavy atom. The standard InChI is InChI=1S/C9H13N3/c1-3-10-4-2-8(1)9-7-11-5-6-12-9/h1-4,9,11-12H,5-7H2. The molecule has 3 nitrogen and oxygen atoms in total. The first kappa shape index (κ1) is 7.71. The van der Waals surface area contributed by atoms with Crippen LogP contribution in [-0.2, 0) is 0 Å². The SMILES string of the molecule is c1cc(C2CNCCN2)ccn1. The van der Waals surface area contributed by atoms with Gasteiger partial charge in [0.25, 0.3) is 0 Å². The van der Waals surface area contributed by atoms with Gasteiger partial charge in [0.05, 0.1) is 0 Å². The molecule has 0 saturated carbocycles. The van der Waals surface area contributed by atoms with Crippen LogP contribution in [0.15, 0.2) is 24.5 Å². The molecule has 1 unspecified atom stereocenters. The van der Waals surface area contributed by atoms with Crippen LogP contribution < -0.4 is 10.6 Å². The normalized spacial score (nSPS) is 23.8. The quantitative estimate of drug-likeness (QED) is 0.626. The highest BCUT2D eigenvalue weighted by Crippen LogP contribution is 2.11. The van der Waals surface area contributed by atoms with Gasteiger partial charge < -0.3 is 10.6 Å². The zero-order valence-corrected chi connectivity index (χ0v) is 6.96. The van der Waals surface area contributed by atoms with E-state index < -0.39 is 0 Å². The third-order valence-corrected chi connectivity index (χ3v) is 2.15. The van der Waals surface area contributed by atoms with E-state index in [0.29, 0.717) is 6.04 Å². The molecular formula is C9H13N3. The molecule has 0 aliphatic carbocycles. The second-order valence-corrected chi connectivity index (χ2v) is 2.99. The predicted molar refractivity (Wildman–Crippen MR) is 47.9 cm³/mol. The van der Waals surface area contributed by atoms with E-state index in [4.69, 9.17) is 0 Å². The maximum absolute atomic E-state index is 3.99. The predicted octanol–water partition coefficient (Wildman–Crippen LogP) is 0.315. The molecule has 2 rings (SSSR count). The first-order chi connectivity index (χ1) is 5.97. The lowest BCUT2D eigenvalue weighted by molar-refractivity contribution is 0.430. The minimum Gasteiger partial charge on any atom is -0.314 e. The van der Waals surface area contributed by atoms with Crippen molar-refractivity contribution in [1.29, 1.82) is 0 Å². The van der Waals surface area contributed by atoms with Gasteiger partial charge in [0.1, 0.15) is 0 Å². The van der Waals surface area contributed by atoms with Crippen molar-refractivity contribution in [2.75, 3.05) is 19.6 Å². The molecule has 0 spiro atoms. The van der Waals surface area contributed by atoms with Crippen molar-refractivity contribution in [2.45, 2.75) is 6.04 Å². The molecule has 0 aromatic carbocycles. The third kappa shape index (κ3) is 1.62. The maximum atomic E-state index is 3.99. The van der Waals surface area contributed by atoms with Crippen LogP contribution in [-0.4, -0.2) is 24.6 Å². The van der Waals surface area contributed by atoms with E-state index in [1.165, 1.54) is 5.56 Å². The number of rotatable bonds is 1. The molecule has 0 radical (unpaired) electrons. The first-order valence-electron chi connectivity index (χ1n) is 4.31. The molecule has 1 aliphatic heterocycles. The number of aromatic nitrogens is 1. The highest BCUT2D eigenvalue weighted by Gasteiger charge is 2.12. The summed E-state index contributed by atoms with van der Waals surface area (Å²) in [5.74, 6) is 0. The molecule has 0 bridgehead atoms. The molecule has 0 amide bonds. The summed E-state index contributed by atoms with van der Waals surface area (Å²) in [6.45, 7) is 3.14. The van der Waals surface area contributed by atoms with Crippen molar-refractivity contribution in [3.05, 3.63) is 30.1 Å². The topological polar surface area (TPSA) is 37.0 Å². The fraction of sp³-hybridized carbons (Fsp3) is 0.444. The van der Waals surface area contributed by atoms with Crippen LogP contribution in [0.1, 0.15) is 11.6 Å². The van der Waals surface area contributed by atoms with E-state index in [9.17, 15) is 0 Å². The Hall–Kier alpha value is -0.930. The zero-order valence-electron chi connectivity index (χ0n) is 6.96. The number of hydrogen-bond acceptors (Lipinski definition) is 3. The van der Waals surface area contributed by atoms with Crippen molar-refractivity contribution in [2.24, 2.45) is 0 Å². The average molecular weight is 163 g/mol. The van der Waals surface area contributed by atoms with Gasteiger partial charge in [-0.25, -0.2) is 0 Å². The fourth-order valence-electron chi connectivity index (χ4n) is 1.48. The zero-order chi connectivity index (χ0) is 8.23. The molecule has 3 heteroatoms. The van der Waals surface area contributed by atoms with Crippen molar-refractivity contribution in [3.8, 4) is 0 Å². The molecule has 1 atom stereocenters. The summed E-state index contributed by atoms with van der Waals surface area (Å²) in [7, 11) is 0. The summed E-state index contributed by atoms with van der Waals surface area (Å²) in [6.07, 6.45) is 3.68. The van der Waals surface area contributed by atoms with Crippen LogP contribution in [0, 0.1) is 0 Å². The average Bonchev–Trinajstić information content (AvgIpc) is 2.21. The lowest BCUT2D eigenvalue weighted by atomic mass is 10.1. The molecule has 2 N–H and O–H groups in total. The molecule has 1 fully saturated rings. The van der Waals surface area contributed by atoms with Gasteiger partial charge in [-0.1, -0.05) is 0 Å². The minimum atomic E-state index is 0.460. The number of nitrogens with zero attached hydrogens (tertiary/aromatic N) is 1. The Bertz CT molecular complexity index is 229. The summed E-state index contributed by atoms with van der Waals surface area (Å²) in [6, 6.07) is 4.58.